The van der Waals surface area contributed by atoms with Crippen LogP contribution in [0.4, 0.5) is 0 Å². The number of rotatable bonds is 0. The maximum atomic E-state index is 9.22. The summed E-state index contributed by atoms with van der Waals surface area (Å²) in [6, 6.07) is 0. The summed E-state index contributed by atoms with van der Waals surface area (Å²) >= 11 is 0. The Hall–Kier alpha value is -0.200. The van der Waals surface area contributed by atoms with Gasteiger partial charge in [-0.3, -0.25) is 0 Å². The fourth-order valence-electron chi connectivity index (χ4n) is 1.38. The third-order valence-electron chi connectivity index (χ3n) is 2.09. The van der Waals surface area contributed by atoms with Crippen LogP contribution in [0.15, 0.2) is 0 Å². The number of aliphatic hydroxyl groups excluding tert-OH is 3. The molecule has 5 atom stereocenters. The van der Waals surface area contributed by atoms with Gasteiger partial charge in [-0.25, -0.2) is 0 Å². The van der Waals surface area contributed by atoms with Crippen LogP contribution in [0.25, 0.3) is 0 Å². The van der Waals surface area contributed by atoms with E-state index in [1.54, 1.807) is 0 Å². The van der Waals surface area contributed by atoms with E-state index < -0.39 is 30.7 Å². The third kappa shape index (κ3) is 0.969. The van der Waals surface area contributed by atoms with Gasteiger partial charge in [-0.05, 0) is 0 Å². The summed E-state index contributed by atoms with van der Waals surface area (Å²) in [4.78, 5) is 0. The first-order chi connectivity index (χ1) is 5.20. The van der Waals surface area contributed by atoms with Crippen LogP contribution >= 0.6 is 0 Å². The molecule has 0 amide bonds. The van der Waals surface area contributed by atoms with Gasteiger partial charge in [0.1, 0.15) is 24.4 Å². The van der Waals surface area contributed by atoms with Crippen molar-refractivity contribution in [1.29, 1.82) is 0 Å². The van der Waals surface area contributed by atoms with Crippen LogP contribution < -0.4 is 0 Å². The lowest BCUT2D eigenvalue weighted by molar-refractivity contribution is -0.228. The van der Waals surface area contributed by atoms with Crippen molar-refractivity contribution in [2.45, 2.75) is 30.7 Å². The molecule has 5 heteroatoms. The molecule has 0 spiro atoms. The van der Waals surface area contributed by atoms with Gasteiger partial charge in [0, 0.05) is 0 Å². The minimum Gasteiger partial charge on any atom is -0.387 e. The predicted molar refractivity (Wildman–Crippen MR) is 32.6 cm³/mol. The second-order valence-corrected chi connectivity index (χ2v) is 2.85. The van der Waals surface area contributed by atoms with Crippen LogP contribution in [0.5, 0.6) is 0 Å². The first-order valence-corrected chi connectivity index (χ1v) is 3.51. The molecule has 2 heterocycles. The lowest BCUT2D eigenvalue weighted by Crippen LogP contribution is -2.53. The van der Waals surface area contributed by atoms with E-state index >= 15 is 0 Å². The van der Waals surface area contributed by atoms with Crippen molar-refractivity contribution < 1.29 is 24.8 Å². The second-order valence-electron chi connectivity index (χ2n) is 2.85. The van der Waals surface area contributed by atoms with Gasteiger partial charge < -0.3 is 24.8 Å². The summed E-state index contributed by atoms with van der Waals surface area (Å²) in [5.74, 6) is 0. The Bertz CT molecular complexity index is 141. The van der Waals surface area contributed by atoms with Gasteiger partial charge in [0.15, 0.2) is 6.29 Å². The quantitative estimate of drug-likeness (QED) is 0.377. The van der Waals surface area contributed by atoms with Crippen molar-refractivity contribution in [3.63, 3.8) is 0 Å². The number of hydrogen-bond donors (Lipinski definition) is 3. The van der Waals surface area contributed by atoms with Crippen LogP contribution in [0.3, 0.4) is 0 Å². The molecule has 3 unspecified atom stereocenters. The molecule has 2 rings (SSSR count). The first-order valence-electron chi connectivity index (χ1n) is 3.51. The Kier molecular flexibility index (Phi) is 1.62. The normalized spacial score (nSPS) is 56.5. The molecule has 3 N–H and O–H groups in total. The molecule has 5 nitrogen and oxygen atoms in total. The smallest absolute Gasteiger partial charge is 0.186 e. The molecule has 11 heavy (non-hydrogen) atoms. The molecular weight excluding hydrogens is 152 g/mol. The Morgan fingerprint density at radius 3 is 2.45 bits per heavy atom. The molecule has 0 aromatic rings. The molecule has 0 aliphatic carbocycles. The standard InChI is InChI=1S/C6H10O5/c7-3-2-1-10-6(11-2)5(9)4(3)8/h2-9H,1H2/t2?,3-,4?,5?,6+/m0/s1. The van der Waals surface area contributed by atoms with E-state index in [-0.39, 0.29) is 6.61 Å². The summed E-state index contributed by atoms with van der Waals surface area (Å²) in [7, 11) is 0. The number of hydrogen-bond acceptors (Lipinski definition) is 5. The van der Waals surface area contributed by atoms with Gasteiger partial charge in [0.2, 0.25) is 0 Å². The molecule has 2 bridgehead atoms. The third-order valence-corrected chi connectivity index (χ3v) is 2.09. The maximum absolute atomic E-state index is 9.22. The van der Waals surface area contributed by atoms with Gasteiger partial charge in [-0.1, -0.05) is 0 Å². The minimum atomic E-state index is -1.15. The zero-order valence-electron chi connectivity index (χ0n) is 5.75. The highest BCUT2D eigenvalue weighted by Crippen LogP contribution is 2.27. The Labute approximate surface area is 63.2 Å². The molecule has 2 aliphatic heterocycles. The Morgan fingerprint density at radius 1 is 1.00 bits per heavy atom. The average molecular weight is 162 g/mol. The van der Waals surface area contributed by atoms with Crippen LogP contribution in [-0.2, 0) is 9.47 Å². The number of aliphatic hydroxyl groups is 3. The lowest BCUT2D eigenvalue weighted by atomic mass is 10.0. The average Bonchev–Trinajstić information content (AvgIpc) is 2.44. The zero-order chi connectivity index (χ0) is 8.01. The molecule has 64 valence electrons. The van der Waals surface area contributed by atoms with Crippen molar-refractivity contribution in [2.24, 2.45) is 0 Å². The molecule has 0 aromatic heterocycles. The highest BCUT2D eigenvalue weighted by molar-refractivity contribution is 4.92. The van der Waals surface area contributed by atoms with Crippen molar-refractivity contribution in [3.05, 3.63) is 0 Å². The van der Waals surface area contributed by atoms with E-state index in [0.717, 1.165) is 0 Å². The van der Waals surface area contributed by atoms with Gasteiger partial charge in [-0.15, -0.1) is 0 Å². The molecule has 2 fully saturated rings. The predicted octanol–water partition coefficient (Wildman–Crippen LogP) is -2.18. The maximum Gasteiger partial charge on any atom is 0.186 e. The molecular formula is C6H10O5. The van der Waals surface area contributed by atoms with E-state index in [0.29, 0.717) is 0 Å². The fourth-order valence-corrected chi connectivity index (χ4v) is 1.38. The summed E-state index contributed by atoms with van der Waals surface area (Å²) in [5, 5.41) is 27.6. The Balaban J connectivity index is 2.16. The van der Waals surface area contributed by atoms with Crippen LogP contribution in [0.2, 0.25) is 0 Å². The van der Waals surface area contributed by atoms with E-state index in [2.05, 4.69) is 0 Å². The second kappa shape index (κ2) is 2.40. The molecule has 2 aliphatic rings. The SMILES string of the molecule is OC1C(O)[C@@H](O)C2CO[C@@H]1O2. The largest absolute Gasteiger partial charge is 0.387 e. The van der Waals surface area contributed by atoms with Gasteiger partial charge in [-0.2, -0.15) is 0 Å². The zero-order valence-corrected chi connectivity index (χ0v) is 5.75. The molecule has 0 saturated carbocycles. The number of ether oxygens (including phenoxy) is 2. The van der Waals surface area contributed by atoms with E-state index in [4.69, 9.17) is 14.6 Å². The highest BCUT2D eigenvalue weighted by Gasteiger charge is 2.48. The summed E-state index contributed by atoms with van der Waals surface area (Å²) in [5.41, 5.74) is 0. The van der Waals surface area contributed by atoms with Gasteiger partial charge in [0.25, 0.3) is 0 Å². The topological polar surface area (TPSA) is 79.2 Å². The van der Waals surface area contributed by atoms with Crippen LogP contribution in [-0.4, -0.2) is 52.6 Å². The summed E-state index contributed by atoms with van der Waals surface area (Å²) in [6.07, 6.45) is -4.58. The van der Waals surface area contributed by atoms with E-state index in [1.165, 1.54) is 0 Å². The first kappa shape index (κ1) is 7.45. The van der Waals surface area contributed by atoms with Gasteiger partial charge >= 0.3 is 0 Å². The molecule has 0 aromatic carbocycles. The Morgan fingerprint density at radius 2 is 1.73 bits per heavy atom. The number of fused-ring (bicyclic) bond motifs is 2. The fraction of sp³-hybridized carbons (Fsp3) is 1.00. The van der Waals surface area contributed by atoms with Crippen molar-refractivity contribution in [1.82, 2.24) is 0 Å². The molecule has 0 radical (unpaired) electrons. The van der Waals surface area contributed by atoms with E-state index in [1.807, 2.05) is 0 Å². The summed E-state index contributed by atoms with van der Waals surface area (Å²) in [6.45, 7) is 0.236. The minimum absolute atomic E-state index is 0.236. The van der Waals surface area contributed by atoms with Crippen molar-refractivity contribution in [2.75, 3.05) is 6.61 Å². The lowest BCUT2D eigenvalue weighted by Gasteiger charge is -2.32. The monoisotopic (exact) mass is 162 g/mol. The van der Waals surface area contributed by atoms with Crippen LogP contribution in [0.1, 0.15) is 0 Å². The van der Waals surface area contributed by atoms with E-state index in [9.17, 15) is 10.2 Å². The molecule has 2 saturated heterocycles. The van der Waals surface area contributed by atoms with Crippen LogP contribution in [0, 0.1) is 0 Å². The van der Waals surface area contributed by atoms with Gasteiger partial charge in [0.05, 0.1) is 6.61 Å². The van der Waals surface area contributed by atoms with Crippen molar-refractivity contribution >= 4 is 0 Å². The summed E-state index contributed by atoms with van der Waals surface area (Å²) < 4.78 is 9.95. The van der Waals surface area contributed by atoms with Crippen molar-refractivity contribution in [3.8, 4) is 0 Å². The highest BCUT2D eigenvalue weighted by atomic mass is 16.7.